The minimum absolute atomic E-state index is 0.294. The summed E-state index contributed by atoms with van der Waals surface area (Å²) in [6.45, 7) is 4.22. The van der Waals surface area contributed by atoms with Gasteiger partial charge in [0.1, 0.15) is 12.4 Å². The van der Waals surface area contributed by atoms with Crippen LogP contribution in [0.15, 0.2) is 24.3 Å². The SMILES string of the molecule is CSC1(COc2ccc(C(N)C(C)(C)O)cc2)CCCC1. The van der Waals surface area contributed by atoms with Crippen LogP contribution in [0.1, 0.15) is 51.1 Å². The molecule has 21 heavy (non-hydrogen) atoms. The first-order valence-corrected chi connectivity index (χ1v) is 8.85. The summed E-state index contributed by atoms with van der Waals surface area (Å²) in [6.07, 6.45) is 7.29. The number of rotatable bonds is 6. The van der Waals surface area contributed by atoms with Crippen LogP contribution in [-0.4, -0.2) is 28.3 Å². The predicted molar refractivity (Wildman–Crippen MR) is 89.9 cm³/mol. The number of nitrogens with two attached hydrogens (primary N) is 1. The highest BCUT2D eigenvalue weighted by atomic mass is 32.2. The molecule has 0 aromatic heterocycles. The molecular weight excluding hydrogens is 282 g/mol. The van der Waals surface area contributed by atoms with Gasteiger partial charge in [0.25, 0.3) is 0 Å². The normalized spacial score (nSPS) is 19.5. The molecule has 2 rings (SSSR count). The van der Waals surface area contributed by atoms with Crippen LogP contribution in [0.3, 0.4) is 0 Å². The summed E-state index contributed by atoms with van der Waals surface area (Å²) in [6, 6.07) is 7.39. The summed E-state index contributed by atoms with van der Waals surface area (Å²) in [5, 5.41) is 9.96. The van der Waals surface area contributed by atoms with Gasteiger partial charge in [-0.15, -0.1) is 0 Å². The third-order valence-corrected chi connectivity index (χ3v) is 5.84. The largest absolute Gasteiger partial charge is 0.492 e. The van der Waals surface area contributed by atoms with Crippen molar-refractivity contribution in [3.8, 4) is 5.75 Å². The molecule has 1 aliphatic carbocycles. The molecule has 1 aromatic rings. The summed E-state index contributed by atoms with van der Waals surface area (Å²) in [5.41, 5.74) is 6.05. The smallest absolute Gasteiger partial charge is 0.119 e. The Morgan fingerprint density at radius 3 is 2.33 bits per heavy atom. The van der Waals surface area contributed by atoms with Crippen molar-refractivity contribution in [1.29, 1.82) is 0 Å². The van der Waals surface area contributed by atoms with Crippen molar-refractivity contribution in [1.82, 2.24) is 0 Å². The van der Waals surface area contributed by atoms with Gasteiger partial charge in [-0.1, -0.05) is 25.0 Å². The van der Waals surface area contributed by atoms with Crippen LogP contribution in [0.5, 0.6) is 5.75 Å². The van der Waals surface area contributed by atoms with Gasteiger partial charge in [-0.05, 0) is 50.6 Å². The van der Waals surface area contributed by atoms with E-state index in [1.165, 1.54) is 25.7 Å². The Labute approximate surface area is 132 Å². The fourth-order valence-electron chi connectivity index (χ4n) is 2.82. The molecule has 0 radical (unpaired) electrons. The van der Waals surface area contributed by atoms with Crippen LogP contribution >= 0.6 is 11.8 Å². The van der Waals surface area contributed by atoms with E-state index in [4.69, 9.17) is 10.5 Å². The molecule has 0 spiro atoms. The third-order valence-electron chi connectivity index (χ3n) is 4.45. The maximum atomic E-state index is 9.96. The number of ether oxygens (including phenoxy) is 1. The fraction of sp³-hybridized carbons (Fsp3) is 0.647. The number of benzene rings is 1. The quantitative estimate of drug-likeness (QED) is 0.844. The molecule has 1 aliphatic rings. The summed E-state index contributed by atoms with van der Waals surface area (Å²) < 4.78 is 6.27. The highest BCUT2D eigenvalue weighted by Crippen LogP contribution is 2.40. The predicted octanol–water partition coefficient (Wildman–Crippen LogP) is 3.51. The Morgan fingerprint density at radius 1 is 1.29 bits per heavy atom. The molecule has 118 valence electrons. The fourth-order valence-corrected chi connectivity index (χ4v) is 3.69. The van der Waals surface area contributed by atoms with Gasteiger partial charge in [-0.3, -0.25) is 0 Å². The van der Waals surface area contributed by atoms with E-state index in [9.17, 15) is 5.11 Å². The lowest BCUT2D eigenvalue weighted by Gasteiger charge is -2.27. The van der Waals surface area contributed by atoms with Crippen molar-refractivity contribution in [2.45, 2.75) is 55.9 Å². The van der Waals surface area contributed by atoms with Gasteiger partial charge >= 0.3 is 0 Å². The minimum Gasteiger partial charge on any atom is -0.492 e. The van der Waals surface area contributed by atoms with Crippen molar-refractivity contribution < 1.29 is 9.84 Å². The summed E-state index contributed by atoms with van der Waals surface area (Å²) in [7, 11) is 0. The summed E-state index contributed by atoms with van der Waals surface area (Å²) >= 11 is 1.93. The second-order valence-corrected chi connectivity index (χ2v) is 7.86. The Kier molecular flexibility index (Phi) is 5.23. The average molecular weight is 309 g/mol. The lowest BCUT2D eigenvalue weighted by molar-refractivity contribution is 0.0517. The third kappa shape index (κ3) is 4.15. The van der Waals surface area contributed by atoms with Crippen molar-refractivity contribution in [2.75, 3.05) is 12.9 Å². The second-order valence-electron chi connectivity index (χ2n) is 6.58. The Morgan fingerprint density at radius 2 is 1.86 bits per heavy atom. The number of aliphatic hydroxyl groups is 1. The standard InChI is InChI=1S/C17H27NO2S/c1-16(2,19)15(18)13-6-8-14(9-7-13)20-12-17(21-3)10-4-5-11-17/h6-9,15,19H,4-5,10-12,18H2,1-3H3. The van der Waals surface area contributed by atoms with E-state index in [-0.39, 0.29) is 6.04 Å². The lowest BCUT2D eigenvalue weighted by Crippen LogP contribution is -2.35. The van der Waals surface area contributed by atoms with Crippen molar-refractivity contribution in [3.05, 3.63) is 29.8 Å². The summed E-state index contributed by atoms with van der Waals surface area (Å²) in [4.78, 5) is 0. The van der Waals surface area contributed by atoms with E-state index >= 15 is 0 Å². The maximum Gasteiger partial charge on any atom is 0.119 e. The van der Waals surface area contributed by atoms with Crippen molar-refractivity contribution in [3.63, 3.8) is 0 Å². The van der Waals surface area contributed by atoms with Gasteiger partial charge in [-0.25, -0.2) is 0 Å². The molecule has 0 aliphatic heterocycles. The second kappa shape index (κ2) is 6.59. The molecule has 4 heteroatoms. The molecular formula is C17H27NO2S. The topological polar surface area (TPSA) is 55.5 Å². The minimum atomic E-state index is -0.921. The Bertz CT molecular complexity index is 447. The van der Waals surface area contributed by atoms with E-state index in [2.05, 4.69) is 6.26 Å². The molecule has 1 saturated carbocycles. The van der Waals surface area contributed by atoms with Gasteiger partial charge in [0.05, 0.1) is 11.6 Å². The molecule has 1 fully saturated rings. The maximum absolute atomic E-state index is 9.96. The molecule has 0 amide bonds. The van der Waals surface area contributed by atoms with E-state index in [0.717, 1.165) is 17.9 Å². The first kappa shape index (κ1) is 16.7. The first-order valence-electron chi connectivity index (χ1n) is 7.62. The highest BCUT2D eigenvalue weighted by molar-refractivity contribution is 8.00. The van der Waals surface area contributed by atoms with Gasteiger partial charge in [0.2, 0.25) is 0 Å². The van der Waals surface area contributed by atoms with Crippen LogP contribution in [0.2, 0.25) is 0 Å². The van der Waals surface area contributed by atoms with E-state index < -0.39 is 5.60 Å². The molecule has 1 unspecified atom stereocenters. The zero-order valence-electron chi connectivity index (χ0n) is 13.3. The highest BCUT2D eigenvalue weighted by Gasteiger charge is 2.33. The van der Waals surface area contributed by atoms with E-state index in [1.54, 1.807) is 13.8 Å². The van der Waals surface area contributed by atoms with Gasteiger partial charge in [0, 0.05) is 4.75 Å². The number of thioether (sulfide) groups is 1. The molecule has 1 atom stereocenters. The van der Waals surface area contributed by atoms with E-state index in [1.807, 2.05) is 36.0 Å². The molecule has 0 heterocycles. The van der Waals surface area contributed by atoms with Crippen molar-refractivity contribution in [2.24, 2.45) is 5.73 Å². The van der Waals surface area contributed by atoms with Gasteiger partial charge in [-0.2, -0.15) is 11.8 Å². The van der Waals surface area contributed by atoms with Crippen LogP contribution in [0, 0.1) is 0 Å². The molecule has 0 bridgehead atoms. The Hall–Kier alpha value is -0.710. The zero-order valence-corrected chi connectivity index (χ0v) is 14.1. The Balaban J connectivity index is 1.96. The van der Waals surface area contributed by atoms with Crippen molar-refractivity contribution >= 4 is 11.8 Å². The number of hydrogen-bond donors (Lipinski definition) is 2. The molecule has 3 N–H and O–H groups in total. The van der Waals surface area contributed by atoms with Gasteiger partial charge < -0.3 is 15.6 Å². The first-order chi connectivity index (χ1) is 9.86. The average Bonchev–Trinajstić information content (AvgIpc) is 2.93. The summed E-state index contributed by atoms with van der Waals surface area (Å²) in [5.74, 6) is 0.877. The lowest BCUT2D eigenvalue weighted by atomic mass is 9.93. The molecule has 1 aromatic carbocycles. The molecule has 0 saturated heterocycles. The van der Waals surface area contributed by atoms with Crippen LogP contribution in [0.4, 0.5) is 0 Å². The zero-order chi connectivity index (χ0) is 15.5. The monoisotopic (exact) mass is 309 g/mol. The molecule has 3 nitrogen and oxygen atoms in total. The van der Waals surface area contributed by atoms with Gasteiger partial charge in [0.15, 0.2) is 0 Å². The van der Waals surface area contributed by atoms with Crippen LogP contribution in [0.25, 0.3) is 0 Å². The van der Waals surface area contributed by atoms with E-state index in [0.29, 0.717) is 4.75 Å². The number of hydrogen-bond acceptors (Lipinski definition) is 4. The van der Waals surface area contributed by atoms with Crippen LogP contribution < -0.4 is 10.5 Å². The van der Waals surface area contributed by atoms with Crippen LogP contribution in [-0.2, 0) is 0 Å².